The summed E-state index contributed by atoms with van der Waals surface area (Å²) < 4.78 is 16.1. The second-order valence-electron chi connectivity index (χ2n) is 7.56. The number of hydrogen-bond acceptors (Lipinski definition) is 6. The second-order valence-corrected chi connectivity index (χ2v) is 7.56. The van der Waals surface area contributed by atoms with E-state index < -0.39 is 17.5 Å². The summed E-state index contributed by atoms with van der Waals surface area (Å²) in [6, 6.07) is 23.4. The Balaban J connectivity index is 1.38. The lowest BCUT2D eigenvalue weighted by molar-refractivity contribution is -0.136. The Morgan fingerprint density at radius 2 is 1.59 bits per heavy atom. The van der Waals surface area contributed by atoms with Crippen LogP contribution in [0.15, 0.2) is 88.1 Å². The molecule has 0 unspecified atom stereocenters. The number of rotatable bonds is 8. The molecule has 0 atom stereocenters. The lowest BCUT2D eigenvalue weighted by Gasteiger charge is -2.09. The van der Waals surface area contributed by atoms with Crippen molar-refractivity contribution in [2.75, 3.05) is 13.2 Å². The maximum absolute atomic E-state index is 12.2. The van der Waals surface area contributed by atoms with Crippen molar-refractivity contribution in [1.82, 2.24) is 5.32 Å². The standard InChI is InChI=1S/C27H23NO6/c1-2-14-28-26(30)23-15-20-10-13-22(16-24(20)34-27(23)31)33-25(29)17-32-21-11-8-19(9-12-21)18-6-4-3-5-7-18/h3-13,15-16H,2,14,17H2,1H3,(H,28,30). The summed E-state index contributed by atoms with van der Waals surface area (Å²) >= 11 is 0. The molecule has 0 radical (unpaired) electrons. The van der Waals surface area contributed by atoms with Gasteiger partial charge in [-0.2, -0.15) is 0 Å². The molecular formula is C27H23NO6. The minimum atomic E-state index is -0.758. The smallest absolute Gasteiger partial charge is 0.349 e. The van der Waals surface area contributed by atoms with Gasteiger partial charge >= 0.3 is 11.6 Å². The van der Waals surface area contributed by atoms with Crippen LogP contribution in [0.3, 0.4) is 0 Å². The van der Waals surface area contributed by atoms with Gasteiger partial charge in [0.2, 0.25) is 0 Å². The van der Waals surface area contributed by atoms with E-state index in [0.717, 1.165) is 17.5 Å². The Labute approximate surface area is 195 Å². The van der Waals surface area contributed by atoms with Crippen LogP contribution in [0.25, 0.3) is 22.1 Å². The summed E-state index contributed by atoms with van der Waals surface area (Å²) in [5.41, 5.74) is 1.51. The lowest BCUT2D eigenvalue weighted by Crippen LogP contribution is -2.28. The first-order valence-corrected chi connectivity index (χ1v) is 10.9. The topological polar surface area (TPSA) is 94.8 Å². The first-order chi connectivity index (χ1) is 16.5. The molecule has 0 aliphatic carbocycles. The molecule has 0 aliphatic rings. The molecular weight excluding hydrogens is 434 g/mol. The Hall–Kier alpha value is -4.39. The third-order valence-electron chi connectivity index (χ3n) is 5.04. The predicted octanol–water partition coefficient (Wildman–Crippen LogP) is 4.58. The van der Waals surface area contributed by atoms with E-state index in [2.05, 4.69) is 5.32 Å². The van der Waals surface area contributed by atoms with Gasteiger partial charge in [-0.05, 0) is 47.9 Å². The summed E-state index contributed by atoms with van der Waals surface area (Å²) in [5, 5.41) is 3.19. The fourth-order valence-electron chi connectivity index (χ4n) is 3.32. The summed E-state index contributed by atoms with van der Waals surface area (Å²) in [6.45, 7) is 2.09. The van der Waals surface area contributed by atoms with Crippen LogP contribution in [-0.2, 0) is 4.79 Å². The Kier molecular flexibility index (Phi) is 7.03. The van der Waals surface area contributed by atoms with Crippen LogP contribution in [0.1, 0.15) is 23.7 Å². The number of benzene rings is 3. The van der Waals surface area contributed by atoms with E-state index in [-0.39, 0.29) is 23.5 Å². The zero-order valence-electron chi connectivity index (χ0n) is 18.6. The van der Waals surface area contributed by atoms with E-state index in [1.807, 2.05) is 49.4 Å². The van der Waals surface area contributed by atoms with Gasteiger partial charge < -0.3 is 19.2 Å². The van der Waals surface area contributed by atoms with E-state index >= 15 is 0 Å². The van der Waals surface area contributed by atoms with Crippen LogP contribution in [-0.4, -0.2) is 25.0 Å². The highest BCUT2D eigenvalue weighted by Gasteiger charge is 2.14. The first kappa shape index (κ1) is 22.8. The van der Waals surface area contributed by atoms with Gasteiger partial charge in [-0.25, -0.2) is 9.59 Å². The molecule has 0 bridgehead atoms. The van der Waals surface area contributed by atoms with Crippen molar-refractivity contribution in [2.24, 2.45) is 0 Å². The van der Waals surface area contributed by atoms with Gasteiger partial charge in [0.1, 0.15) is 22.6 Å². The highest BCUT2D eigenvalue weighted by Crippen LogP contribution is 2.23. The largest absolute Gasteiger partial charge is 0.482 e. The molecule has 4 aromatic rings. The van der Waals surface area contributed by atoms with Crippen molar-refractivity contribution in [1.29, 1.82) is 0 Å². The SMILES string of the molecule is CCCNC(=O)c1cc2ccc(OC(=O)COc3ccc(-c4ccccc4)cc3)cc2oc1=O. The highest BCUT2D eigenvalue weighted by atomic mass is 16.6. The van der Waals surface area contributed by atoms with E-state index in [1.165, 1.54) is 12.1 Å². The van der Waals surface area contributed by atoms with Gasteiger partial charge in [0, 0.05) is 18.0 Å². The van der Waals surface area contributed by atoms with Gasteiger partial charge in [0.05, 0.1) is 0 Å². The number of esters is 1. The maximum Gasteiger partial charge on any atom is 0.349 e. The summed E-state index contributed by atoms with van der Waals surface area (Å²) in [7, 11) is 0. The molecule has 1 heterocycles. The van der Waals surface area contributed by atoms with Gasteiger partial charge in [0.25, 0.3) is 5.91 Å². The number of carbonyl (C=O) groups excluding carboxylic acids is 2. The molecule has 1 amide bonds. The Morgan fingerprint density at radius 1 is 0.882 bits per heavy atom. The number of hydrogen-bond donors (Lipinski definition) is 1. The number of fused-ring (bicyclic) bond motifs is 1. The van der Waals surface area contributed by atoms with E-state index in [4.69, 9.17) is 13.9 Å². The predicted molar refractivity (Wildman–Crippen MR) is 128 cm³/mol. The third-order valence-corrected chi connectivity index (χ3v) is 5.04. The molecule has 0 fully saturated rings. The number of nitrogens with one attached hydrogen (secondary N) is 1. The van der Waals surface area contributed by atoms with Crippen LogP contribution in [0.4, 0.5) is 0 Å². The molecule has 0 aliphatic heterocycles. The molecule has 0 saturated carbocycles. The first-order valence-electron chi connectivity index (χ1n) is 10.9. The van der Waals surface area contributed by atoms with Crippen molar-refractivity contribution in [3.05, 3.63) is 94.8 Å². The molecule has 3 aromatic carbocycles. The maximum atomic E-state index is 12.2. The number of amides is 1. The fourth-order valence-corrected chi connectivity index (χ4v) is 3.32. The van der Waals surface area contributed by atoms with Crippen molar-refractivity contribution >= 4 is 22.8 Å². The van der Waals surface area contributed by atoms with Crippen LogP contribution in [0, 0.1) is 0 Å². The Morgan fingerprint density at radius 3 is 2.32 bits per heavy atom. The minimum Gasteiger partial charge on any atom is -0.482 e. The zero-order chi connectivity index (χ0) is 23.9. The van der Waals surface area contributed by atoms with Crippen molar-refractivity contribution in [3.8, 4) is 22.6 Å². The van der Waals surface area contributed by atoms with Gasteiger partial charge in [-0.3, -0.25) is 4.79 Å². The molecule has 1 aromatic heterocycles. The quantitative estimate of drug-likeness (QED) is 0.236. The van der Waals surface area contributed by atoms with Crippen molar-refractivity contribution in [3.63, 3.8) is 0 Å². The average Bonchev–Trinajstić information content (AvgIpc) is 2.86. The van der Waals surface area contributed by atoms with Crippen LogP contribution >= 0.6 is 0 Å². The van der Waals surface area contributed by atoms with Crippen molar-refractivity contribution < 1.29 is 23.5 Å². The Bertz CT molecular complexity index is 1360. The molecule has 34 heavy (non-hydrogen) atoms. The molecule has 7 nitrogen and oxygen atoms in total. The third kappa shape index (κ3) is 5.50. The van der Waals surface area contributed by atoms with Crippen molar-refractivity contribution in [2.45, 2.75) is 13.3 Å². The summed E-state index contributed by atoms with van der Waals surface area (Å²) in [4.78, 5) is 36.5. The highest BCUT2D eigenvalue weighted by molar-refractivity contribution is 5.96. The van der Waals surface area contributed by atoms with Crippen LogP contribution in [0.2, 0.25) is 0 Å². The average molecular weight is 457 g/mol. The number of carbonyl (C=O) groups is 2. The van der Waals surface area contributed by atoms with E-state index in [0.29, 0.717) is 17.7 Å². The molecule has 172 valence electrons. The summed E-state index contributed by atoms with van der Waals surface area (Å²) in [5.74, 6) is -0.353. The normalized spacial score (nSPS) is 10.6. The van der Waals surface area contributed by atoms with Crippen LogP contribution < -0.4 is 20.4 Å². The van der Waals surface area contributed by atoms with E-state index in [9.17, 15) is 14.4 Å². The minimum absolute atomic E-state index is 0.0719. The molecule has 7 heteroatoms. The van der Waals surface area contributed by atoms with Gasteiger partial charge in [0.15, 0.2) is 6.61 Å². The molecule has 4 rings (SSSR count). The van der Waals surface area contributed by atoms with E-state index in [1.54, 1.807) is 24.3 Å². The number of ether oxygens (including phenoxy) is 2. The van der Waals surface area contributed by atoms with Crippen LogP contribution in [0.5, 0.6) is 11.5 Å². The van der Waals surface area contributed by atoms with Gasteiger partial charge in [-0.15, -0.1) is 0 Å². The summed E-state index contributed by atoms with van der Waals surface area (Å²) in [6.07, 6.45) is 0.752. The fraction of sp³-hybridized carbons (Fsp3) is 0.148. The monoisotopic (exact) mass is 457 g/mol. The second kappa shape index (κ2) is 10.5. The van der Waals surface area contributed by atoms with Gasteiger partial charge in [-0.1, -0.05) is 49.4 Å². The molecule has 0 spiro atoms. The lowest BCUT2D eigenvalue weighted by atomic mass is 10.1. The molecule has 1 N–H and O–H groups in total. The molecule has 0 saturated heterocycles. The zero-order valence-corrected chi connectivity index (χ0v) is 18.6.